The number of hydrogen-bond acceptors (Lipinski definition) is 4. The van der Waals surface area contributed by atoms with Crippen LogP contribution in [-0.2, 0) is 16.0 Å². The molecule has 1 rings (SSSR count). The van der Waals surface area contributed by atoms with Crippen LogP contribution in [0.3, 0.4) is 0 Å². The zero-order chi connectivity index (χ0) is 8.32. The van der Waals surface area contributed by atoms with Crippen LogP contribution in [0.1, 0.15) is 5.69 Å². The maximum atomic E-state index is 12.0. The second kappa shape index (κ2) is 2.91. The minimum absolute atomic E-state index is 0.155. The van der Waals surface area contributed by atoms with Crippen molar-refractivity contribution < 1.29 is 12.3 Å². The van der Waals surface area contributed by atoms with Crippen LogP contribution in [0.5, 0.6) is 0 Å². The molecule has 0 aliphatic carbocycles. The minimum Gasteiger partial charge on any atom is -0.245 e. The number of halogens is 1. The molecule has 60 valence electrons. The number of nitrogens with zero attached hydrogens (tertiary/aromatic N) is 2. The third-order valence-corrected chi connectivity index (χ3v) is 1.60. The molecule has 0 saturated carbocycles. The summed E-state index contributed by atoms with van der Waals surface area (Å²) in [5, 5.41) is 0. The van der Waals surface area contributed by atoms with Gasteiger partial charge in [-0.15, -0.1) is 3.89 Å². The van der Waals surface area contributed by atoms with Gasteiger partial charge in [0.25, 0.3) is 0 Å². The maximum Gasteiger partial charge on any atom is 0.308 e. The summed E-state index contributed by atoms with van der Waals surface area (Å²) in [4.78, 5) is 7.08. The summed E-state index contributed by atoms with van der Waals surface area (Å²) < 4.78 is 32.1. The number of hydrogen-bond donors (Lipinski definition) is 0. The van der Waals surface area contributed by atoms with E-state index in [9.17, 15) is 12.3 Å². The lowest BCUT2D eigenvalue weighted by Gasteiger charge is -1.92. The minimum atomic E-state index is -4.47. The molecule has 0 spiro atoms. The standard InChI is InChI=1S/C5H5FN2O2S/c6-11(9,10)3-5-1-2-7-4-8-5/h1-2,4H,3H2. The Labute approximate surface area is 63.3 Å². The first-order valence-corrected chi connectivity index (χ1v) is 4.30. The highest BCUT2D eigenvalue weighted by Gasteiger charge is 2.08. The van der Waals surface area contributed by atoms with E-state index in [0.717, 1.165) is 0 Å². The fourth-order valence-electron chi connectivity index (χ4n) is 0.580. The van der Waals surface area contributed by atoms with Crippen LogP contribution in [0.2, 0.25) is 0 Å². The van der Waals surface area contributed by atoms with Crippen molar-refractivity contribution in [2.24, 2.45) is 0 Å². The molecule has 0 atom stereocenters. The van der Waals surface area contributed by atoms with Crippen LogP contribution >= 0.6 is 0 Å². The molecule has 0 aliphatic rings. The first-order chi connectivity index (χ1) is 5.08. The summed E-state index contributed by atoms with van der Waals surface area (Å²) in [6.45, 7) is 0. The molecule has 0 fully saturated rings. The molecule has 0 amide bonds. The molecule has 11 heavy (non-hydrogen) atoms. The Morgan fingerprint density at radius 2 is 2.27 bits per heavy atom. The molecule has 0 saturated heterocycles. The molecule has 0 aliphatic heterocycles. The van der Waals surface area contributed by atoms with Gasteiger partial charge in [-0.3, -0.25) is 0 Å². The summed E-state index contributed by atoms with van der Waals surface area (Å²) >= 11 is 0. The summed E-state index contributed by atoms with van der Waals surface area (Å²) in [5.74, 6) is -0.685. The van der Waals surface area contributed by atoms with Gasteiger partial charge >= 0.3 is 10.2 Å². The van der Waals surface area contributed by atoms with Crippen LogP contribution in [-0.4, -0.2) is 18.4 Å². The van der Waals surface area contributed by atoms with Crippen LogP contribution in [0.4, 0.5) is 3.89 Å². The van der Waals surface area contributed by atoms with Crippen molar-refractivity contribution in [3.05, 3.63) is 24.3 Å². The first kappa shape index (κ1) is 8.06. The largest absolute Gasteiger partial charge is 0.308 e. The molecule has 0 N–H and O–H groups in total. The SMILES string of the molecule is O=S(=O)(F)Cc1ccncn1. The molecule has 0 aromatic carbocycles. The Balaban J connectivity index is 2.82. The van der Waals surface area contributed by atoms with Crippen LogP contribution in [0.25, 0.3) is 0 Å². The normalized spacial score (nSPS) is 11.4. The van der Waals surface area contributed by atoms with E-state index in [4.69, 9.17) is 0 Å². The lowest BCUT2D eigenvalue weighted by atomic mass is 10.5. The average Bonchev–Trinajstić information content (AvgIpc) is 1.85. The molecular weight excluding hydrogens is 171 g/mol. The fraction of sp³-hybridized carbons (Fsp3) is 0.200. The van der Waals surface area contributed by atoms with E-state index in [1.165, 1.54) is 18.6 Å². The Bertz CT molecular complexity index is 324. The molecule has 4 nitrogen and oxygen atoms in total. The van der Waals surface area contributed by atoms with Crippen molar-refractivity contribution in [3.8, 4) is 0 Å². The van der Waals surface area contributed by atoms with Gasteiger partial charge in [0.15, 0.2) is 0 Å². The van der Waals surface area contributed by atoms with Gasteiger partial charge in [-0.2, -0.15) is 8.42 Å². The van der Waals surface area contributed by atoms with E-state index in [2.05, 4.69) is 9.97 Å². The van der Waals surface area contributed by atoms with E-state index in [1.54, 1.807) is 0 Å². The van der Waals surface area contributed by atoms with E-state index in [-0.39, 0.29) is 5.69 Å². The Morgan fingerprint density at radius 1 is 1.55 bits per heavy atom. The highest BCUT2D eigenvalue weighted by molar-refractivity contribution is 7.85. The van der Waals surface area contributed by atoms with E-state index < -0.39 is 16.0 Å². The van der Waals surface area contributed by atoms with Gasteiger partial charge in [-0.25, -0.2) is 9.97 Å². The lowest BCUT2D eigenvalue weighted by molar-refractivity contribution is 0.550. The molecule has 0 radical (unpaired) electrons. The van der Waals surface area contributed by atoms with Gasteiger partial charge in [0, 0.05) is 6.20 Å². The third-order valence-electron chi connectivity index (χ3n) is 0.964. The third kappa shape index (κ3) is 3.03. The zero-order valence-electron chi connectivity index (χ0n) is 5.44. The van der Waals surface area contributed by atoms with Crippen LogP contribution < -0.4 is 0 Å². The van der Waals surface area contributed by atoms with Crippen molar-refractivity contribution in [1.29, 1.82) is 0 Å². The quantitative estimate of drug-likeness (QED) is 0.607. The summed E-state index contributed by atoms with van der Waals surface area (Å²) in [5.41, 5.74) is 0.155. The second-order valence-corrected chi connectivity index (χ2v) is 3.25. The van der Waals surface area contributed by atoms with Crippen molar-refractivity contribution in [1.82, 2.24) is 9.97 Å². The van der Waals surface area contributed by atoms with E-state index in [0.29, 0.717) is 0 Å². The predicted octanol–water partition coefficient (Wildman–Crippen LogP) is 0.276. The maximum absolute atomic E-state index is 12.0. The van der Waals surface area contributed by atoms with E-state index >= 15 is 0 Å². The Kier molecular flexibility index (Phi) is 2.13. The Hall–Kier alpha value is -1.04. The molecule has 0 bridgehead atoms. The Morgan fingerprint density at radius 3 is 2.73 bits per heavy atom. The van der Waals surface area contributed by atoms with Crippen molar-refractivity contribution in [2.75, 3.05) is 0 Å². The van der Waals surface area contributed by atoms with Gasteiger partial charge in [-0.1, -0.05) is 0 Å². The topological polar surface area (TPSA) is 59.9 Å². The van der Waals surface area contributed by atoms with E-state index in [1.807, 2.05) is 0 Å². The molecule has 6 heteroatoms. The van der Waals surface area contributed by atoms with Crippen LogP contribution in [0.15, 0.2) is 18.6 Å². The number of rotatable bonds is 2. The molecule has 1 aromatic heterocycles. The van der Waals surface area contributed by atoms with Crippen molar-refractivity contribution >= 4 is 10.2 Å². The van der Waals surface area contributed by atoms with Crippen molar-refractivity contribution in [3.63, 3.8) is 0 Å². The van der Waals surface area contributed by atoms with Crippen LogP contribution in [0, 0.1) is 0 Å². The lowest BCUT2D eigenvalue weighted by Crippen LogP contribution is -1.98. The second-order valence-electron chi connectivity index (χ2n) is 1.88. The molecule has 1 heterocycles. The molecular formula is C5H5FN2O2S. The number of aromatic nitrogens is 2. The zero-order valence-corrected chi connectivity index (χ0v) is 6.25. The molecule has 1 aromatic rings. The van der Waals surface area contributed by atoms with Gasteiger partial charge in [0.1, 0.15) is 12.1 Å². The van der Waals surface area contributed by atoms with Gasteiger partial charge in [0.05, 0.1) is 5.69 Å². The molecule has 0 unspecified atom stereocenters. The summed E-state index contributed by atoms with van der Waals surface area (Å²) in [7, 11) is -4.47. The average molecular weight is 176 g/mol. The highest BCUT2D eigenvalue weighted by Crippen LogP contribution is 2.01. The smallest absolute Gasteiger partial charge is 0.245 e. The van der Waals surface area contributed by atoms with Gasteiger partial charge in [-0.05, 0) is 6.07 Å². The summed E-state index contributed by atoms with van der Waals surface area (Å²) in [6.07, 6.45) is 2.52. The monoisotopic (exact) mass is 176 g/mol. The highest BCUT2D eigenvalue weighted by atomic mass is 32.3. The van der Waals surface area contributed by atoms with Crippen molar-refractivity contribution in [2.45, 2.75) is 5.75 Å². The predicted molar refractivity (Wildman–Crippen MR) is 35.8 cm³/mol. The van der Waals surface area contributed by atoms with Gasteiger partial charge < -0.3 is 0 Å². The fourth-order valence-corrected chi connectivity index (χ4v) is 1.10. The van der Waals surface area contributed by atoms with Gasteiger partial charge in [0.2, 0.25) is 0 Å². The summed E-state index contributed by atoms with van der Waals surface area (Å²) in [6, 6.07) is 1.34. The first-order valence-electron chi connectivity index (χ1n) is 2.75.